The van der Waals surface area contributed by atoms with Gasteiger partial charge < -0.3 is 15.8 Å². The van der Waals surface area contributed by atoms with Gasteiger partial charge in [0, 0.05) is 6.54 Å². The molecule has 0 aliphatic heterocycles. The number of nitrogens with two attached hydrogens (primary N) is 1. The average Bonchev–Trinajstić information content (AvgIpc) is 2.98. The first-order valence-corrected chi connectivity index (χ1v) is 6.11. The van der Waals surface area contributed by atoms with Crippen molar-refractivity contribution in [3.8, 4) is 5.75 Å². The minimum absolute atomic E-state index is 0.479. The molecule has 0 spiro atoms. The molecule has 0 bridgehead atoms. The van der Waals surface area contributed by atoms with E-state index >= 15 is 0 Å². The molecule has 15 heavy (non-hydrogen) atoms. The molecule has 0 amide bonds. The summed E-state index contributed by atoms with van der Waals surface area (Å²) in [6.45, 7) is 0.981. The van der Waals surface area contributed by atoms with E-state index in [1.165, 1.54) is 37.2 Å². The molecule has 0 unspecified atom stereocenters. The predicted molar refractivity (Wildman–Crippen MR) is 63.5 cm³/mol. The van der Waals surface area contributed by atoms with E-state index in [2.05, 4.69) is 9.69 Å². The quantitative estimate of drug-likeness (QED) is 0.732. The van der Waals surface area contributed by atoms with E-state index in [0.29, 0.717) is 11.6 Å². The molecule has 1 aliphatic rings. The van der Waals surface area contributed by atoms with Gasteiger partial charge in [-0.25, -0.2) is 0 Å². The Balaban J connectivity index is 1.76. The van der Waals surface area contributed by atoms with Crippen LogP contribution in [0.1, 0.15) is 25.7 Å². The summed E-state index contributed by atoms with van der Waals surface area (Å²) in [6.07, 6.45) is 5.41. The molecule has 1 saturated carbocycles. The number of ether oxygens (including phenoxy) is 1. The summed E-state index contributed by atoms with van der Waals surface area (Å²) in [7, 11) is 1.62. The summed E-state index contributed by atoms with van der Waals surface area (Å²) in [5, 5.41) is 4.27. The molecule has 4 nitrogen and oxygen atoms in total. The van der Waals surface area contributed by atoms with Crippen LogP contribution >= 0.6 is 11.5 Å². The number of nitrogens with zero attached hydrogens (tertiary/aromatic N) is 1. The molecule has 1 aliphatic carbocycles. The van der Waals surface area contributed by atoms with E-state index in [4.69, 9.17) is 10.5 Å². The first-order chi connectivity index (χ1) is 7.31. The monoisotopic (exact) mass is 227 g/mol. The van der Waals surface area contributed by atoms with Crippen LogP contribution in [0.25, 0.3) is 0 Å². The Hall–Kier alpha value is -0.970. The topological polar surface area (TPSA) is 60.2 Å². The molecule has 2 rings (SSSR count). The second kappa shape index (κ2) is 4.70. The molecular formula is C10H17N3OS. The Labute approximate surface area is 94.0 Å². The Kier molecular flexibility index (Phi) is 3.30. The third kappa shape index (κ3) is 2.75. The lowest BCUT2D eigenvalue weighted by atomic mass is 10.2. The predicted octanol–water partition coefficient (Wildman–Crippen LogP) is 2.34. The highest BCUT2D eigenvalue weighted by molar-refractivity contribution is 7.11. The zero-order chi connectivity index (χ0) is 10.7. The van der Waals surface area contributed by atoms with Crippen LogP contribution in [-0.2, 0) is 0 Å². The Bertz CT molecular complexity index is 322. The minimum Gasteiger partial charge on any atom is -0.490 e. The van der Waals surface area contributed by atoms with Crippen LogP contribution in [0.2, 0.25) is 0 Å². The van der Waals surface area contributed by atoms with Crippen molar-refractivity contribution in [3.05, 3.63) is 0 Å². The van der Waals surface area contributed by atoms with Crippen molar-refractivity contribution in [2.24, 2.45) is 5.92 Å². The van der Waals surface area contributed by atoms with Crippen molar-refractivity contribution in [1.82, 2.24) is 4.37 Å². The molecule has 1 fully saturated rings. The summed E-state index contributed by atoms with van der Waals surface area (Å²) < 4.78 is 9.21. The van der Waals surface area contributed by atoms with E-state index in [-0.39, 0.29) is 0 Å². The molecule has 1 aromatic rings. The maximum atomic E-state index is 5.65. The van der Waals surface area contributed by atoms with Gasteiger partial charge in [0.1, 0.15) is 0 Å². The minimum atomic E-state index is 0.479. The maximum absolute atomic E-state index is 5.65. The molecular weight excluding hydrogens is 210 g/mol. The number of hydrogen-bond acceptors (Lipinski definition) is 5. The maximum Gasteiger partial charge on any atom is 0.197 e. The van der Waals surface area contributed by atoms with Crippen LogP contribution in [0.3, 0.4) is 0 Å². The number of methoxy groups -OCH3 is 1. The third-order valence-corrected chi connectivity index (χ3v) is 3.45. The fraction of sp³-hybridized carbons (Fsp3) is 0.700. The number of rotatable bonds is 6. The summed E-state index contributed by atoms with van der Waals surface area (Å²) in [5.74, 6) is 2.17. The Morgan fingerprint density at radius 2 is 2.40 bits per heavy atom. The first kappa shape index (κ1) is 10.5. The van der Waals surface area contributed by atoms with Gasteiger partial charge in [-0.3, -0.25) is 0 Å². The molecule has 0 radical (unpaired) electrons. The number of aromatic nitrogens is 1. The lowest BCUT2D eigenvalue weighted by molar-refractivity contribution is 0.419. The Morgan fingerprint density at radius 3 is 3.07 bits per heavy atom. The molecule has 5 heteroatoms. The van der Waals surface area contributed by atoms with Gasteiger partial charge in [0.2, 0.25) is 0 Å². The van der Waals surface area contributed by atoms with Crippen LogP contribution in [0.15, 0.2) is 0 Å². The molecule has 0 atom stereocenters. The van der Waals surface area contributed by atoms with Crippen LogP contribution in [0.5, 0.6) is 5.75 Å². The third-order valence-electron chi connectivity index (χ3n) is 2.65. The highest BCUT2D eigenvalue weighted by Crippen LogP contribution is 2.35. The molecule has 1 heterocycles. The normalized spacial score (nSPS) is 15.3. The van der Waals surface area contributed by atoms with Gasteiger partial charge in [-0.05, 0) is 30.3 Å². The summed E-state index contributed by atoms with van der Waals surface area (Å²) in [4.78, 5) is 0. The highest BCUT2D eigenvalue weighted by atomic mass is 32.1. The van der Waals surface area contributed by atoms with Gasteiger partial charge >= 0.3 is 0 Å². The van der Waals surface area contributed by atoms with Gasteiger partial charge in [0.15, 0.2) is 16.6 Å². The lowest BCUT2D eigenvalue weighted by Gasteiger charge is -2.05. The van der Waals surface area contributed by atoms with E-state index in [0.717, 1.165) is 17.5 Å². The van der Waals surface area contributed by atoms with E-state index in [1.807, 2.05) is 0 Å². The van der Waals surface area contributed by atoms with Gasteiger partial charge in [0.05, 0.1) is 7.11 Å². The Morgan fingerprint density at radius 1 is 1.60 bits per heavy atom. The highest BCUT2D eigenvalue weighted by Gasteiger charge is 2.20. The second-order valence-electron chi connectivity index (χ2n) is 3.94. The first-order valence-electron chi connectivity index (χ1n) is 5.34. The summed E-state index contributed by atoms with van der Waals surface area (Å²) in [5.41, 5.74) is 5.65. The van der Waals surface area contributed by atoms with Crippen molar-refractivity contribution in [2.45, 2.75) is 25.7 Å². The molecule has 0 saturated heterocycles. The van der Waals surface area contributed by atoms with Gasteiger partial charge in [0.25, 0.3) is 0 Å². The SMILES string of the molecule is COc1c(N)nsc1NCCCC1CC1. The summed E-state index contributed by atoms with van der Waals surface area (Å²) in [6, 6.07) is 0. The van der Waals surface area contributed by atoms with Crippen LogP contribution in [0, 0.1) is 5.92 Å². The van der Waals surface area contributed by atoms with Crippen molar-refractivity contribution in [2.75, 3.05) is 24.7 Å². The zero-order valence-corrected chi connectivity index (χ0v) is 9.77. The van der Waals surface area contributed by atoms with E-state index < -0.39 is 0 Å². The summed E-state index contributed by atoms with van der Waals surface area (Å²) >= 11 is 1.36. The van der Waals surface area contributed by atoms with Gasteiger partial charge in [-0.15, -0.1) is 0 Å². The fourth-order valence-electron chi connectivity index (χ4n) is 1.60. The zero-order valence-electron chi connectivity index (χ0n) is 8.95. The van der Waals surface area contributed by atoms with Crippen LogP contribution < -0.4 is 15.8 Å². The van der Waals surface area contributed by atoms with Crippen LogP contribution in [-0.4, -0.2) is 18.0 Å². The number of nitrogen functional groups attached to an aromatic ring is 1. The second-order valence-corrected chi connectivity index (χ2v) is 4.72. The number of anilines is 2. The van der Waals surface area contributed by atoms with Crippen LogP contribution in [0.4, 0.5) is 10.8 Å². The van der Waals surface area contributed by atoms with Gasteiger partial charge in [-0.1, -0.05) is 12.8 Å². The van der Waals surface area contributed by atoms with E-state index in [9.17, 15) is 0 Å². The van der Waals surface area contributed by atoms with Gasteiger partial charge in [-0.2, -0.15) is 4.37 Å². The average molecular weight is 227 g/mol. The van der Waals surface area contributed by atoms with Crippen molar-refractivity contribution in [1.29, 1.82) is 0 Å². The number of hydrogen-bond donors (Lipinski definition) is 2. The van der Waals surface area contributed by atoms with Crippen molar-refractivity contribution >= 4 is 22.4 Å². The fourth-order valence-corrected chi connectivity index (χ4v) is 2.31. The molecule has 0 aromatic carbocycles. The lowest BCUT2D eigenvalue weighted by Crippen LogP contribution is -2.01. The smallest absolute Gasteiger partial charge is 0.197 e. The number of nitrogens with one attached hydrogen (secondary N) is 1. The standard InChI is InChI=1S/C10H17N3OS/c1-14-8-9(11)13-15-10(8)12-6-2-3-7-4-5-7/h7,12H,2-6H2,1H3,(H2,11,13). The molecule has 3 N–H and O–H groups in total. The van der Waals surface area contributed by atoms with Crippen molar-refractivity contribution in [3.63, 3.8) is 0 Å². The van der Waals surface area contributed by atoms with Crippen molar-refractivity contribution < 1.29 is 4.74 Å². The van der Waals surface area contributed by atoms with E-state index in [1.54, 1.807) is 7.11 Å². The molecule has 84 valence electrons. The largest absolute Gasteiger partial charge is 0.490 e. The molecule has 1 aromatic heterocycles.